The minimum atomic E-state index is -0.0875. The molecule has 1 aliphatic carbocycles. The molecule has 0 aliphatic heterocycles. The largest absolute Gasteiger partial charge is 0.311 e. The number of aromatic nitrogens is 1. The number of anilines is 3. The molecule has 0 saturated carbocycles. The molecule has 15 aromatic carbocycles. The summed E-state index contributed by atoms with van der Waals surface area (Å²) in [7, 11) is 0. The Hall–Kier alpha value is -11.6. The second kappa shape index (κ2) is 21.9. The van der Waals surface area contributed by atoms with Gasteiger partial charge in [-0.3, -0.25) is 0 Å². The van der Waals surface area contributed by atoms with Crippen LogP contribution in [0.25, 0.3) is 138 Å². The maximum Gasteiger partial charge on any atom is 0.0541 e. The van der Waals surface area contributed by atoms with Crippen molar-refractivity contribution in [2.45, 2.75) is 19.3 Å². The van der Waals surface area contributed by atoms with Gasteiger partial charge in [0, 0.05) is 38.9 Å². The lowest BCUT2D eigenvalue weighted by Crippen LogP contribution is -2.14. The van der Waals surface area contributed by atoms with Gasteiger partial charge < -0.3 is 9.47 Å². The van der Waals surface area contributed by atoms with Crippen LogP contribution >= 0.6 is 0 Å². The molecule has 1 heterocycles. The average molecular weight is 1160 g/mol. The quantitative estimate of drug-likeness (QED) is 0.117. The molecule has 0 radical (unpaired) electrons. The van der Waals surface area contributed by atoms with Crippen LogP contribution in [0, 0.1) is 0 Å². The fourth-order valence-electron chi connectivity index (χ4n) is 14.9. The number of para-hydroxylation sites is 1. The average Bonchev–Trinajstić information content (AvgIpc) is 1.78. The topological polar surface area (TPSA) is 8.17 Å². The molecule has 0 atom stereocenters. The molecule has 0 N–H and O–H groups in total. The second-order valence-electron chi connectivity index (χ2n) is 24.7. The number of hydrogen-bond donors (Lipinski definition) is 0. The molecular weight excluding hydrogens is 1100 g/mol. The van der Waals surface area contributed by atoms with Crippen LogP contribution in [0.5, 0.6) is 0 Å². The van der Waals surface area contributed by atoms with Gasteiger partial charge >= 0.3 is 0 Å². The summed E-state index contributed by atoms with van der Waals surface area (Å²) in [4.78, 5) is 2.36. The zero-order valence-electron chi connectivity index (χ0n) is 50.7. The van der Waals surface area contributed by atoms with E-state index in [0.717, 1.165) is 39.3 Å². The fourth-order valence-corrected chi connectivity index (χ4v) is 14.9. The Morgan fingerprint density at radius 3 is 1.09 bits per heavy atom. The van der Waals surface area contributed by atoms with Gasteiger partial charge in [-0.05, 0) is 201 Å². The van der Waals surface area contributed by atoms with Crippen molar-refractivity contribution in [3.8, 4) is 94.7 Å². The van der Waals surface area contributed by atoms with Crippen LogP contribution in [0.4, 0.5) is 17.1 Å². The zero-order valence-corrected chi connectivity index (χ0v) is 50.7. The Labute approximate surface area is 531 Å². The van der Waals surface area contributed by atoms with Gasteiger partial charge in [0.05, 0.1) is 11.0 Å². The molecule has 91 heavy (non-hydrogen) atoms. The zero-order chi connectivity index (χ0) is 60.6. The van der Waals surface area contributed by atoms with E-state index in [0.29, 0.717) is 0 Å². The van der Waals surface area contributed by atoms with Crippen LogP contribution in [0.3, 0.4) is 0 Å². The monoisotopic (exact) mass is 1160 g/mol. The number of fused-ring (bicyclic) bond motifs is 8. The van der Waals surface area contributed by atoms with Crippen molar-refractivity contribution in [1.82, 2.24) is 4.57 Å². The highest BCUT2D eigenvalue weighted by atomic mass is 15.1. The molecule has 0 spiro atoms. The van der Waals surface area contributed by atoms with E-state index in [4.69, 9.17) is 0 Å². The Kier molecular flexibility index (Phi) is 12.9. The maximum atomic E-state index is 2.47. The molecule has 0 saturated heterocycles. The van der Waals surface area contributed by atoms with E-state index >= 15 is 0 Å². The predicted octanol–water partition coefficient (Wildman–Crippen LogP) is 24.5. The third kappa shape index (κ3) is 9.09. The van der Waals surface area contributed by atoms with Gasteiger partial charge in [-0.15, -0.1) is 0 Å². The van der Waals surface area contributed by atoms with Crippen molar-refractivity contribution in [1.29, 1.82) is 0 Å². The third-order valence-corrected chi connectivity index (χ3v) is 19.2. The van der Waals surface area contributed by atoms with Gasteiger partial charge in [0.15, 0.2) is 0 Å². The molecule has 2 heteroatoms. The van der Waals surface area contributed by atoms with Crippen molar-refractivity contribution in [2.75, 3.05) is 4.90 Å². The van der Waals surface area contributed by atoms with E-state index in [9.17, 15) is 0 Å². The predicted molar refractivity (Wildman–Crippen MR) is 386 cm³/mol. The van der Waals surface area contributed by atoms with Crippen molar-refractivity contribution in [2.24, 2.45) is 0 Å². The summed E-state index contributed by atoms with van der Waals surface area (Å²) in [5.41, 5.74) is 29.0. The smallest absolute Gasteiger partial charge is 0.0541 e. The fraction of sp³-hybridized carbons (Fsp3) is 0.0337. The van der Waals surface area contributed by atoms with E-state index in [-0.39, 0.29) is 5.41 Å². The van der Waals surface area contributed by atoms with Gasteiger partial charge in [0.25, 0.3) is 0 Å². The molecular formula is C89H62N2. The Balaban J connectivity index is 0.716. The standard InChI is InChI=1S/C89H62N2/c1-89(2)83-37-21-20-32-75(83)76-53-44-66(58-84(76)89)88-79-35-18-16-33-77(79)87(78-34-17-19-36-80(78)88)63-40-38-59(39-41-63)60-42-47-68(48-43-60)90(67-26-10-5-11-27-67)69-49-51-70(52-50-69)91-85-54-45-64(73-30-14-12-28-71(73)61-22-6-3-7-23-61)56-81(85)82-57-65(46-55-86(82)91)74-31-15-13-29-72(74)62-24-8-4-9-25-62/h3-58H,1-2H3. The maximum absolute atomic E-state index is 2.47. The van der Waals surface area contributed by atoms with Crippen LogP contribution in [0.1, 0.15) is 25.0 Å². The summed E-state index contributed by atoms with van der Waals surface area (Å²) in [6, 6.07) is 125. The van der Waals surface area contributed by atoms with Gasteiger partial charge in [-0.25, -0.2) is 0 Å². The number of hydrogen-bond acceptors (Lipinski definition) is 1. The third-order valence-electron chi connectivity index (χ3n) is 19.2. The van der Waals surface area contributed by atoms with Crippen molar-refractivity contribution in [3.05, 3.63) is 351 Å². The normalized spacial score (nSPS) is 12.4. The molecule has 0 amide bonds. The van der Waals surface area contributed by atoms with Crippen LogP contribution < -0.4 is 4.90 Å². The lowest BCUT2D eigenvalue weighted by atomic mass is 9.80. The first-order valence-electron chi connectivity index (χ1n) is 31.6. The number of nitrogens with zero attached hydrogens (tertiary/aromatic N) is 2. The first kappa shape index (κ1) is 53.6. The SMILES string of the molecule is CC1(C)c2ccccc2-c2ccc(-c3c4ccccc4c(-c4ccc(-c5ccc(N(c6ccccc6)c6ccc(-n7c8ccc(-c9ccccc9-c9ccccc9)cc8c8cc(-c9ccccc9-c9ccccc9)ccc87)cc6)cc5)cc4)c4ccccc34)cc21. The Morgan fingerprint density at radius 1 is 0.231 bits per heavy atom. The summed E-state index contributed by atoms with van der Waals surface area (Å²) < 4.78 is 2.44. The summed E-state index contributed by atoms with van der Waals surface area (Å²) in [6.07, 6.45) is 0. The number of benzene rings is 15. The van der Waals surface area contributed by atoms with E-state index < -0.39 is 0 Å². The molecule has 0 fully saturated rings. The molecule has 2 nitrogen and oxygen atoms in total. The molecule has 428 valence electrons. The second-order valence-corrected chi connectivity index (χ2v) is 24.7. The van der Waals surface area contributed by atoms with Crippen molar-refractivity contribution < 1.29 is 0 Å². The van der Waals surface area contributed by atoms with Gasteiger partial charge in [0.1, 0.15) is 0 Å². The minimum absolute atomic E-state index is 0.0875. The van der Waals surface area contributed by atoms with E-state index in [1.807, 2.05) is 0 Å². The van der Waals surface area contributed by atoms with E-state index in [1.54, 1.807) is 0 Å². The minimum Gasteiger partial charge on any atom is -0.311 e. The first-order valence-corrected chi connectivity index (χ1v) is 31.6. The van der Waals surface area contributed by atoms with E-state index in [1.165, 1.54) is 127 Å². The summed E-state index contributed by atoms with van der Waals surface area (Å²) >= 11 is 0. The van der Waals surface area contributed by atoms with Gasteiger partial charge in [-0.1, -0.05) is 275 Å². The van der Waals surface area contributed by atoms with Gasteiger partial charge in [0.2, 0.25) is 0 Å². The summed E-state index contributed by atoms with van der Waals surface area (Å²) in [6.45, 7) is 4.74. The molecule has 0 bridgehead atoms. The van der Waals surface area contributed by atoms with Crippen LogP contribution in [0.2, 0.25) is 0 Å². The molecule has 17 rings (SSSR count). The Morgan fingerprint density at radius 2 is 0.582 bits per heavy atom. The number of rotatable bonds is 11. The lowest BCUT2D eigenvalue weighted by Gasteiger charge is -2.26. The highest BCUT2D eigenvalue weighted by Crippen LogP contribution is 2.52. The molecule has 1 aliphatic rings. The van der Waals surface area contributed by atoms with Crippen LogP contribution in [0.15, 0.2) is 340 Å². The molecule has 16 aromatic rings. The van der Waals surface area contributed by atoms with Crippen LogP contribution in [-0.2, 0) is 5.41 Å². The lowest BCUT2D eigenvalue weighted by molar-refractivity contribution is 0.660. The summed E-state index contributed by atoms with van der Waals surface area (Å²) in [5, 5.41) is 7.45. The Bertz CT molecular complexity index is 5250. The van der Waals surface area contributed by atoms with Crippen molar-refractivity contribution in [3.63, 3.8) is 0 Å². The van der Waals surface area contributed by atoms with Gasteiger partial charge in [-0.2, -0.15) is 0 Å². The molecule has 1 aromatic heterocycles. The highest BCUT2D eigenvalue weighted by molar-refractivity contribution is 6.22. The highest BCUT2D eigenvalue weighted by Gasteiger charge is 2.35. The van der Waals surface area contributed by atoms with E-state index in [2.05, 4.69) is 363 Å². The first-order chi connectivity index (χ1) is 44.9. The van der Waals surface area contributed by atoms with Crippen LogP contribution in [-0.4, -0.2) is 4.57 Å². The van der Waals surface area contributed by atoms with Crippen molar-refractivity contribution >= 4 is 60.4 Å². The summed E-state index contributed by atoms with van der Waals surface area (Å²) in [5.74, 6) is 0. The molecule has 0 unspecified atom stereocenters.